The number of nitrogens with zero attached hydrogens (tertiary/aromatic N) is 1. The summed E-state index contributed by atoms with van der Waals surface area (Å²) in [6.07, 6.45) is 1.13. The van der Waals surface area contributed by atoms with E-state index in [1.165, 1.54) is 19.2 Å². The molecule has 1 rings (SSSR count). The maximum atomic E-state index is 11.3. The van der Waals surface area contributed by atoms with Crippen molar-refractivity contribution in [2.75, 3.05) is 20.3 Å². The minimum Gasteiger partial charge on any atom is -0.493 e. The second kappa shape index (κ2) is 7.48. The molecule has 6 nitrogen and oxygen atoms in total. The van der Waals surface area contributed by atoms with E-state index in [9.17, 15) is 4.79 Å². The Morgan fingerprint density at radius 3 is 2.84 bits per heavy atom. The van der Waals surface area contributed by atoms with E-state index in [1.807, 2.05) is 0 Å². The molecular weight excluding hydrogens is 274 g/mol. The Bertz CT molecular complexity index is 475. The number of hydrogen-bond donors (Lipinski definition) is 1. The van der Waals surface area contributed by atoms with E-state index in [1.54, 1.807) is 6.92 Å². The largest absolute Gasteiger partial charge is 0.493 e. The second-order valence-electron chi connectivity index (χ2n) is 3.36. The van der Waals surface area contributed by atoms with E-state index in [0.717, 1.165) is 6.21 Å². The molecule has 0 aliphatic rings. The van der Waals surface area contributed by atoms with Gasteiger partial charge in [0.15, 0.2) is 18.1 Å². The van der Waals surface area contributed by atoms with Crippen LogP contribution in [-0.4, -0.2) is 37.7 Å². The molecule has 0 saturated heterocycles. The predicted molar refractivity (Wildman–Crippen MR) is 69.5 cm³/mol. The number of esters is 1. The lowest BCUT2D eigenvalue weighted by Gasteiger charge is -2.13. The molecule has 0 saturated carbocycles. The van der Waals surface area contributed by atoms with Crippen molar-refractivity contribution in [3.05, 3.63) is 22.7 Å². The number of methoxy groups -OCH3 is 1. The summed E-state index contributed by atoms with van der Waals surface area (Å²) >= 11 is 5.88. The molecule has 0 aliphatic carbocycles. The topological polar surface area (TPSA) is 77.4 Å². The first kappa shape index (κ1) is 15.1. The fourth-order valence-electron chi connectivity index (χ4n) is 1.39. The number of hydrogen-bond acceptors (Lipinski definition) is 6. The van der Waals surface area contributed by atoms with E-state index in [4.69, 9.17) is 31.0 Å². The third kappa shape index (κ3) is 4.33. The summed E-state index contributed by atoms with van der Waals surface area (Å²) in [6.45, 7) is 1.69. The normalized spacial score (nSPS) is 10.5. The van der Waals surface area contributed by atoms with Gasteiger partial charge in [-0.15, -0.1) is 0 Å². The standard InChI is InChI=1S/C12H14ClNO5/c1-3-18-11(15)7-19-12-8(6-14-16)4-9(13)5-10(12)17-2/h4-6,16H,3,7H2,1-2H3/b14-6+. The van der Waals surface area contributed by atoms with Gasteiger partial charge in [0, 0.05) is 16.7 Å². The van der Waals surface area contributed by atoms with E-state index in [2.05, 4.69) is 5.16 Å². The van der Waals surface area contributed by atoms with Crippen LogP contribution in [0.2, 0.25) is 5.02 Å². The fraction of sp³-hybridized carbons (Fsp3) is 0.333. The van der Waals surface area contributed by atoms with Crippen LogP contribution in [0.15, 0.2) is 17.3 Å². The molecule has 0 unspecified atom stereocenters. The Hall–Kier alpha value is -1.95. The van der Waals surface area contributed by atoms with Crippen molar-refractivity contribution in [2.45, 2.75) is 6.92 Å². The zero-order chi connectivity index (χ0) is 14.3. The summed E-state index contributed by atoms with van der Waals surface area (Å²) in [5.74, 6) is 0.0656. The van der Waals surface area contributed by atoms with Crippen LogP contribution in [0.4, 0.5) is 0 Å². The summed E-state index contributed by atoms with van der Waals surface area (Å²) in [5, 5.41) is 11.9. The number of oxime groups is 1. The van der Waals surface area contributed by atoms with Crippen molar-refractivity contribution >= 4 is 23.8 Å². The molecule has 0 heterocycles. The number of rotatable bonds is 6. The summed E-state index contributed by atoms with van der Waals surface area (Å²) in [7, 11) is 1.43. The van der Waals surface area contributed by atoms with E-state index < -0.39 is 5.97 Å². The molecule has 0 atom stereocenters. The first-order valence-corrected chi connectivity index (χ1v) is 5.83. The Morgan fingerprint density at radius 2 is 2.26 bits per heavy atom. The van der Waals surface area contributed by atoms with Crippen LogP contribution in [0.3, 0.4) is 0 Å². The van der Waals surface area contributed by atoms with Gasteiger partial charge < -0.3 is 19.4 Å². The maximum Gasteiger partial charge on any atom is 0.344 e. The summed E-state index contributed by atoms with van der Waals surface area (Å²) in [6, 6.07) is 3.04. The van der Waals surface area contributed by atoms with Crippen LogP contribution in [0, 0.1) is 0 Å². The highest BCUT2D eigenvalue weighted by Gasteiger charge is 2.14. The molecule has 19 heavy (non-hydrogen) atoms. The molecule has 0 amide bonds. The van der Waals surface area contributed by atoms with Gasteiger partial charge in [0.1, 0.15) is 0 Å². The van der Waals surface area contributed by atoms with Crippen molar-refractivity contribution in [3.8, 4) is 11.5 Å². The van der Waals surface area contributed by atoms with Crippen LogP contribution in [0.1, 0.15) is 12.5 Å². The maximum absolute atomic E-state index is 11.3. The minimum absolute atomic E-state index is 0.248. The van der Waals surface area contributed by atoms with E-state index in [0.29, 0.717) is 16.3 Å². The molecule has 0 bridgehead atoms. The fourth-order valence-corrected chi connectivity index (χ4v) is 1.60. The Labute approximate surface area is 115 Å². The predicted octanol–water partition coefficient (Wildman–Crippen LogP) is 2.10. The average molecular weight is 288 g/mol. The quantitative estimate of drug-likeness (QED) is 0.375. The van der Waals surface area contributed by atoms with Crippen LogP contribution >= 0.6 is 11.6 Å². The van der Waals surface area contributed by atoms with Crippen molar-refractivity contribution in [3.63, 3.8) is 0 Å². The molecule has 1 aromatic rings. The molecule has 7 heteroatoms. The van der Waals surface area contributed by atoms with Gasteiger partial charge in [-0.05, 0) is 13.0 Å². The Kier molecular flexibility index (Phi) is 5.95. The van der Waals surface area contributed by atoms with Crippen molar-refractivity contribution in [2.24, 2.45) is 5.16 Å². The van der Waals surface area contributed by atoms with Gasteiger partial charge in [-0.3, -0.25) is 0 Å². The van der Waals surface area contributed by atoms with Crippen LogP contribution in [-0.2, 0) is 9.53 Å². The Balaban J connectivity index is 2.99. The third-order valence-corrected chi connectivity index (χ3v) is 2.32. The first-order chi connectivity index (χ1) is 9.12. The van der Waals surface area contributed by atoms with Crippen molar-refractivity contribution < 1.29 is 24.2 Å². The highest BCUT2D eigenvalue weighted by molar-refractivity contribution is 6.31. The lowest BCUT2D eigenvalue weighted by molar-refractivity contribution is -0.145. The first-order valence-electron chi connectivity index (χ1n) is 5.45. The van der Waals surface area contributed by atoms with Gasteiger partial charge in [0.05, 0.1) is 19.9 Å². The second-order valence-corrected chi connectivity index (χ2v) is 3.80. The van der Waals surface area contributed by atoms with Crippen LogP contribution in [0.5, 0.6) is 11.5 Å². The van der Waals surface area contributed by atoms with Crippen LogP contribution < -0.4 is 9.47 Å². The summed E-state index contributed by atoms with van der Waals surface area (Å²) < 4.78 is 15.2. The van der Waals surface area contributed by atoms with Gasteiger partial charge in [0.25, 0.3) is 0 Å². The molecule has 0 spiro atoms. The molecule has 0 aliphatic heterocycles. The minimum atomic E-state index is -0.508. The smallest absolute Gasteiger partial charge is 0.344 e. The SMILES string of the molecule is CCOC(=O)COc1c(/C=N/O)cc(Cl)cc1OC. The number of halogens is 1. The summed E-state index contributed by atoms with van der Waals surface area (Å²) in [4.78, 5) is 11.3. The zero-order valence-electron chi connectivity index (χ0n) is 10.6. The molecule has 0 fully saturated rings. The number of ether oxygens (including phenoxy) is 3. The van der Waals surface area contributed by atoms with Gasteiger partial charge in [-0.1, -0.05) is 16.8 Å². The molecule has 0 radical (unpaired) electrons. The van der Waals surface area contributed by atoms with E-state index >= 15 is 0 Å². The molecule has 1 aromatic carbocycles. The van der Waals surface area contributed by atoms with Crippen LogP contribution in [0.25, 0.3) is 0 Å². The number of benzene rings is 1. The lowest BCUT2D eigenvalue weighted by atomic mass is 10.2. The van der Waals surface area contributed by atoms with E-state index in [-0.39, 0.29) is 19.0 Å². The highest BCUT2D eigenvalue weighted by Crippen LogP contribution is 2.33. The monoisotopic (exact) mass is 287 g/mol. The van der Waals surface area contributed by atoms with Crippen molar-refractivity contribution in [1.29, 1.82) is 0 Å². The van der Waals surface area contributed by atoms with Gasteiger partial charge in [0.2, 0.25) is 0 Å². The van der Waals surface area contributed by atoms with Gasteiger partial charge >= 0.3 is 5.97 Å². The number of carbonyl (C=O) groups is 1. The highest BCUT2D eigenvalue weighted by atomic mass is 35.5. The van der Waals surface area contributed by atoms with Crippen molar-refractivity contribution in [1.82, 2.24) is 0 Å². The molecule has 0 aromatic heterocycles. The summed E-state index contributed by atoms with van der Waals surface area (Å²) in [5.41, 5.74) is 0.385. The zero-order valence-corrected chi connectivity index (χ0v) is 11.3. The molecule has 1 N–H and O–H groups in total. The number of carbonyl (C=O) groups excluding carboxylic acids is 1. The average Bonchev–Trinajstić information content (AvgIpc) is 2.37. The lowest BCUT2D eigenvalue weighted by Crippen LogP contribution is -2.15. The van der Waals surface area contributed by atoms with Gasteiger partial charge in [-0.25, -0.2) is 4.79 Å². The molecule has 104 valence electrons. The van der Waals surface area contributed by atoms with Gasteiger partial charge in [-0.2, -0.15) is 0 Å². The third-order valence-electron chi connectivity index (χ3n) is 2.10. The Morgan fingerprint density at radius 1 is 1.53 bits per heavy atom. The molecular formula is C12H14ClNO5.